The molecule has 0 atom stereocenters. The van der Waals surface area contributed by atoms with Crippen molar-refractivity contribution in [3.8, 4) is 5.75 Å². The van der Waals surface area contributed by atoms with Gasteiger partial charge in [-0.15, -0.1) is 0 Å². The molecule has 3 heterocycles. The Balaban J connectivity index is 1.87. The highest BCUT2D eigenvalue weighted by molar-refractivity contribution is 6.39. The van der Waals surface area contributed by atoms with Crippen LogP contribution in [0.15, 0.2) is 47.4 Å². The number of anilines is 1. The Kier molecular flexibility index (Phi) is 4.85. The van der Waals surface area contributed by atoms with E-state index in [9.17, 15) is 18.8 Å². The first-order valence-corrected chi connectivity index (χ1v) is 8.74. The Morgan fingerprint density at radius 1 is 1.24 bits per heavy atom. The molecule has 29 heavy (non-hydrogen) atoms. The predicted octanol–water partition coefficient (Wildman–Crippen LogP) is 4.77. The van der Waals surface area contributed by atoms with Gasteiger partial charge >= 0.3 is 6.61 Å². The lowest BCUT2D eigenvalue weighted by molar-refractivity contribution is -0.605. The molecule has 4 aromatic rings. The predicted molar refractivity (Wildman–Crippen MR) is 102 cm³/mol. The first-order valence-electron chi connectivity index (χ1n) is 7.98. The molecule has 148 valence electrons. The summed E-state index contributed by atoms with van der Waals surface area (Å²) >= 11 is 12.0. The second-order valence-electron chi connectivity index (χ2n) is 5.81. The van der Waals surface area contributed by atoms with Gasteiger partial charge in [-0.3, -0.25) is 9.78 Å². The van der Waals surface area contributed by atoms with E-state index in [-0.39, 0.29) is 38.0 Å². The molecule has 0 saturated heterocycles. The first-order chi connectivity index (χ1) is 13.8. The van der Waals surface area contributed by atoms with Crippen molar-refractivity contribution in [2.75, 3.05) is 5.32 Å². The number of rotatable bonds is 4. The topological polar surface area (TPSA) is 91.3 Å². The van der Waals surface area contributed by atoms with Crippen LogP contribution in [-0.4, -0.2) is 17.5 Å². The zero-order valence-electron chi connectivity index (χ0n) is 14.2. The van der Waals surface area contributed by atoms with Gasteiger partial charge in [0.05, 0.1) is 11.3 Å². The first kappa shape index (κ1) is 19.2. The molecule has 11 heteroatoms. The third kappa shape index (κ3) is 3.50. The lowest BCUT2D eigenvalue weighted by Gasteiger charge is -2.11. The second kappa shape index (κ2) is 7.34. The Labute approximate surface area is 171 Å². The van der Waals surface area contributed by atoms with Crippen LogP contribution in [0.5, 0.6) is 5.75 Å². The van der Waals surface area contributed by atoms with Crippen molar-refractivity contribution >= 4 is 56.7 Å². The number of nitrogens with one attached hydrogen (secondary N) is 1. The summed E-state index contributed by atoms with van der Waals surface area (Å²) in [4.78, 5) is 16.9. The van der Waals surface area contributed by atoms with Crippen molar-refractivity contribution in [2.45, 2.75) is 6.61 Å². The molecule has 1 amide bonds. The second-order valence-corrected chi connectivity index (χ2v) is 6.63. The van der Waals surface area contributed by atoms with Crippen LogP contribution in [0.25, 0.3) is 21.9 Å². The number of hydrogen-bond acceptors (Lipinski definition) is 5. The highest BCUT2D eigenvalue weighted by Gasteiger charge is 2.23. The van der Waals surface area contributed by atoms with Crippen LogP contribution < -0.4 is 14.8 Å². The molecule has 0 fully saturated rings. The largest absolute Gasteiger partial charge is 0.619 e. The fraction of sp³-hybridized carbons (Fsp3) is 0.0556. The third-order valence-electron chi connectivity index (χ3n) is 4.04. The van der Waals surface area contributed by atoms with E-state index in [1.807, 2.05) is 0 Å². The molecule has 0 unspecified atom stereocenters. The van der Waals surface area contributed by atoms with Crippen LogP contribution in [0.2, 0.25) is 10.0 Å². The van der Waals surface area contributed by atoms with E-state index in [0.717, 1.165) is 12.4 Å². The van der Waals surface area contributed by atoms with Gasteiger partial charge in [0.25, 0.3) is 5.91 Å². The third-order valence-corrected chi connectivity index (χ3v) is 4.62. The summed E-state index contributed by atoms with van der Waals surface area (Å²) < 4.78 is 36.0. The SMILES string of the molecule is O=C(Nc1c(Cl)c[n+]([O-])cc1Cl)c1ccc(OC(F)F)c2oc3ccncc3c12. The summed E-state index contributed by atoms with van der Waals surface area (Å²) in [6.07, 6.45) is 4.94. The van der Waals surface area contributed by atoms with Crippen LogP contribution in [-0.2, 0) is 0 Å². The van der Waals surface area contributed by atoms with E-state index in [0.29, 0.717) is 15.7 Å². The number of carbonyl (C=O) groups excluding carboxylic acids is 1. The minimum absolute atomic E-state index is 0.0254. The molecule has 0 radical (unpaired) electrons. The van der Waals surface area contributed by atoms with Crippen molar-refractivity contribution in [1.82, 2.24) is 4.98 Å². The van der Waals surface area contributed by atoms with E-state index >= 15 is 0 Å². The minimum atomic E-state index is -3.08. The number of carbonyl (C=O) groups is 1. The van der Waals surface area contributed by atoms with E-state index in [1.54, 1.807) is 0 Å². The number of aromatic nitrogens is 2. The molecule has 0 aliphatic heterocycles. The summed E-state index contributed by atoms with van der Waals surface area (Å²) in [6.45, 7) is -3.08. The number of benzene rings is 1. The molecule has 4 rings (SSSR count). The number of furan rings is 1. The summed E-state index contributed by atoms with van der Waals surface area (Å²) in [5.41, 5.74) is 0.401. The van der Waals surface area contributed by atoms with Gasteiger partial charge in [0, 0.05) is 23.2 Å². The lowest BCUT2D eigenvalue weighted by Crippen LogP contribution is -2.25. The Bertz CT molecular complexity index is 1240. The van der Waals surface area contributed by atoms with Crippen molar-refractivity contribution in [3.05, 3.63) is 63.8 Å². The number of amides is 1. The number of halogens is 4. The highest BCUT2D eigenvalue weighted by atomic mass is 35.5. The Hall–Kier alpha value is -3.17. The van der Waals surface area contributed by atoms with Gasteiger partial charge in [0.1, 0.15) is 15.6 Å². The van der Waals surface area contributed by atoms with Crippen LogP contribution >= 0.6 is 23.2 Å². The van der Waals surface area contributed by atoms with Gasteiger partial charge < -0.3 is 19.7 Å². The van der Waals surface area contributed by atoms with Crippen LogP contribution in [0.3, 0.4) is 0 Å². The molecule has 7 nitrogen and oxygen atoms in total. The molecule has 0 aliphatic rings. The minimum Gasteiger partial charge on any atom is -0.619 e. The fourth-order valence-electron chi connectivity index (χ4n) is 2.88. The number of ether oxygens (including phenoxy) is 1. The smallest absolute Gasteiger partial charge is 0.387 e. The number of nitrogens with zero attached hydrogens (tertiary/aromatic N) is 2. The van der Waals surface area contributed by atoms with Gasteiger partial charge in [-0.1, -0.05) is 23.2 Å². The molecule has 0 bridgehead atoms. The molecule has 1 N–H and O–H groups in total. The molecule has 3 aromatic heterocycles. The maximum absolute atomic E-state index is 12.9. The van der Waals surface area contributed by atoms with Gasteiger partial charge in [-0.25, -0.2) is 0 Å². The highest BCUT2D eigenvalue weighted by Crippen LogP contribution is 2.38. The molecule has 0 saturated carbocycles. The maximum atomic E-state index is 12.9. The molecule has 0 spiro atoms. The zero-order valence-corrected chi connectivity index (χ0v) is 15.7. The van der Waals surface area contributed by atoms with Crippen molar-refractivity contribution in [2.24, 2.45) is 0 Å². The van der Waals surface area contributed by atoms with E-state index in [1.165, 1.54) is 30.6 Å². The monoisotopic (exact) mass is 439 g/mol. The molecule has 0 aliphatic carbocycles. The number of alkyl halides is 2. The van der Waals surface area contributed by atoms with Gasteiger partial charge in [-0.2, -0.15) is 13.5 Å². The zero-order chi connectivity index (χ0) is 20.7. The standard InChI is InChI=1S/C18H9Cl2F2N3O4/c19-10-6-25(27)7-11(20)15(10)24-17(26)8-1-2-13(29-18(21)22)16-14(8)9-5-23-4-3-12(9)28-16/h1-7,18H,(H,24,26). The average Bonchev–Trinajstić information content (AvgIpc) is 3.04. The summed E-state index contributed by atoms with van der Waals surface area (Å²) in [6, 6.07) is 4.02. The van der Waals surface area contributed by atoms with E-state index < -0.39 is 12.5 Å². The number of hydrogen-bond donors (Lipinski definition) is 1. The molecule has 1 aromatic carbocycles. The van der Waals surface area contributed by atoms with Crippen LogP contribution in [0.1, 0.15) is 10.4 Å². The van der Waals surface area contributed by atoms with Gasteiger partial charge in [0.15, 0.2) is 11.3 Å². The lowest BCUT2D eigenvalue weighted by atomic mass is 10.1. The van der Waals surface area contributed by atoms with Crippen LogP contribution in [0, 0.1) is 5.21 Å². The van der Waals surface area contributed by atoms with Crippen molar-refractivity contribution < 1.29 is 27.5 Å². The summed E-state index contributed by atoms with van der Waals surface area (Å²) in [7, 11) is 0. The quantitative estimate of drug-likeness (QED) is 0.365. The maximum Gasteiger partial charge on any atom is 0.387 e. The van der Waals surface area contributed by atoms with E-state index in [4.69, 9.17) is 27.6 Å². The Morgan fingerprint density at radius 3 is 2.66 bits per heavy atom. The molecular weight excluding hydrogens is 431 g/mol. The normalized spacial score (nSPS) is 11.3. The summed E-state index contributed by atoms with van der Waals surface area (Å²) in [5, 5.41) is 14.4. The van der Waals surface area contributed by atoms with Gasteiger partial charge in [0.2, 0.25) is 12.4 Å². The van der Waals surface area contributed by atoms with Crippen molar-refractivity contribution in [3.63, 3.8) is 0 Å². The fourth-order valence-corrected chi connectivity index (χ4v) is 3.42. The summed E-state index contributed by atoms with van der Waals surface area (Å²) in [5.74, 6) is -0.886. The molecular formula is C18H9Cl2F2N3O4. The average molecular weight is 440 g/mol. The van der Waals surface area contributed by atoms with Crippen LogP contribution in [0.4, 0.5) is 14.5 Å². The van der Waals surface area contributed by atoms with Gasteiger partial charge in [-0.05, 0) is 18.2 Å². The van der Waals surface area contributed by atoms with Crippen molar-refractivity contribution in [1.29, 1.82) is 0 Å². The number of pyridine rings is 2. The van der Waals surface area contributed by atoms with E-state index in [2.05, 4.69) is 15.0 Å². The number of fused-ring (bicyclic) bond motifs is 3. The Morgan fingerprint density at radius 2 is 1.97 bits per heavy atom.